The molecule has 0 radical (unpaired) electrons. The number of benzene rings is 2. The number of esters is 1. The highest BCUT2D eigenvalue weighted by atomic mass is 16.5. The first kappa shape index (κ1) is 16.3. The van der Waals surface area contributed by atoms with E-state index in [0.29, 0.717) is 24.4 Å². The Morgan fingerprint density at radius 2 is 2.04 bits per heavy atom. The predicted molar refractivity (Wildman–Crippen MR) is 90.9 cm³/mol. The summed E-state index contributed by atoms with van der Waals surface area (Å²) in [6.07, 6.45) is 2.10. The summed E-state index contributed by atoms with van der Waals surface area (Å²) >= 11 is 0. The molecule has 0 aromatic heterocycles. The number of rotatable bonds is 3. The number of hydrogen-bond acceptors (Lipinski definition) is 4. The van der Waals surface area contributed by atoms with Gasteiger partial charge in [0.25, 0.3) is 5.91 Å². The Kier molecular flexibility index (Phi) is 4.69. The molecule has 126 valence electrons. The lowest BCUT2D eigenvalue weighted by Gasteiger charge is -2.30. The maximum atomic E-state index is 12.2. The van der Waals surface area contributed by atoms with Gasteiger partial charge in [0.2, 0.25) is 0 Å². The molecule has 3 rings (SSSR count). The maximum absolute atomic E-state index is 12.2. The molecule has 0 bridgehead atoms. The van der Waals surface area contributed by atoms with Gasteiger partial charge in [0.1, 0.15) is 11.3 Å². The standard InChI is InChI=1S/C19H21NO4/c1-13-5-4-10-20(11-13)17(21)12-24-19(23)16-9-8-14-6-2-3-7-15(14)18(16)22/h2-3,6-9,13,22H,4-5,10-12H2,1H3/t13-/m0/s1. The molecule has 0 aliphatic carbocycles. The Hall–Kier alpha value is -2.56. The second kappa shape index (κ2) is 6.91. The van der Waals surface area contributed by atoms with E-state index >= 15 is 0 Å². The smallest absolute Gasteiger partial charge is 0.342 e. The number of aromatic hydroxyl groups is 1. The summed E-state index contributed by atoms with van der Waals surface area (Å²) in [5, 5.41) is 11.7. The van der Waals surface area contributed by atoms with Crippen molar-refractivity contribution >= 4 is 22.6 Å². The Balaban J connectivity index is 1.67. The van der Waals surface area contributed by atoms with E-state index in [4.69, 9.17) is 4.74 Å². The van der Waals surface area contributed by atoms with Gasteiger partial charge in [-0.05, 0) is 30.2 Å². The van der Waals surface area contributed by atoms with Crippen LogP contribution in [0.4, 0.5) is 0 Å². The van der Waals surface area contributed by atoms with Crippen LogP contribution in [-0.4, -0.2) is 41.6 Å². The molecule has 2 aromatic rings. The van der Waals surface area contributed by atoms with E-state index in [0.717, 1.165) is 18.2 Å². The molecule has 1 heterocycles. The Bertz CT molecular complexity index is 771. The van der Waals surface area contributed by atoms with E-state index in [1.807, 2.05) is 12.1 Å². The molecular weight excluding hydrogens is 306 g/mol. The summed E-state index contributed by atoms with van der Waals surface area (Å²) in [4.78, 5) is 26.1. The van der Waals surface area contributed by atoms with Gasteiger partial charge in [-0.3, -0.25) is 4.79 Å². The van der Waals surface area contributed by atoms with Crippen LogP contribution in [0, 0.1) is 5.92 Å². The van der Waals surface area contributed by atoms with Crippen molar-refractivity contribution in [3.63, 3.8) is 0 Å². The van der Waals surface area contributed by atoms with Gasteiger partial charge in [-0.25, -0.2) is 4.79 Å². The first-order valence-electron chi connectivity index (χ1n) is 8.22. The highest BCUT2D eigenvalue weighted by Crippen LogP contribution is 2.29. The average Bonchev–Trinajstić information content (AvgIpc) is 2.60. The van der Waals surface area contributed by atoms with Gasteiger partial charge in [0, 0.05) is 18.5 Å². The third kappa shape index (κ3) is 3.35. The number of nitrogens with zero attached hydrogens (tertiary/aromatic N) is 1. The number of amides is 1. The van der Waals surface area contributed by atoms with Crippen molar-refractivity contribution in [3.8, 4) is 5.75 Å². The lowest BCUT2D eigenvalue weighted by atomic mass is 10.0. The van der Waals surface area contributed by atoms with Crippen LogP contribution in [-0.2, 0) is 9.53 Å². The molecule has 1 aliphatic rings. The minimum Gasteiger partial charge on any atom is -0.506 e. The molecule has 5 nitrogen and oxygen atoms in total. The van der Waals surface area contributed by atoms with Crippen LogP contribution >= 0.6 is 0 Å². The third-order valence-corrected chi connectivity index (χ3v) is 4.46. The molecule has 1 fully saturated rings. The first-order valence-corrected chi connectivity index (χ1v) is 8.22. The minimum absolute atomic E-state index is 0.0773. The van der Waals surface area contributed by atoms with Gasteiger partial charge in [-0.2, -0.15) is 0 Å². The van der Waals surface area contributed by atoms with Crippen molar-refractivity contribution < 1.29 is 19.4 Å². The van der Waals surface area contributed by atoms with Crippen molar-refractivity contribution in [1.29, 1.82) is 0 Å². The van der Waals surface area contributed by atoms with E-state index in [9.17, 15) is 14.7 Å². The molecule has 1 aliphatic heterocycles. The van der Waals surface area contributed by atoms with E-state index < -0.39 is 5.97 Å². The summed E-state index contributed by atoms with van der Waals surface area (Å²) in [7, 11) is 0. The Morgan fingerprint density at radius 3 is 2.83 bits per heavy atom. The third-order valence-electron chi connectivity index (χ3n) is 4.46. The Morgan fingerprint density at radius 1 is 1.25 bits per heavy atom. The van der Waals surface area contributed by atoms with Crippen LogP contribution in [0.3, 0.4) is 0 Å². The molecule has 1 amide bonds. The van der Waals surface area contributed by atoms with Crippen LogP contribution in [0.1, 0.15) is 30.1 Å². The van der Waals surface area contributed by atoms with Crippen molar-refractivity contribution in [1.82, 2.24) is 4.90 Å². The van der Waals surface area contributed by atoms with E-state index in [2.05, 4.69) is 6.92 Å². The summed E-state index contributed by atoms with van der Waals surface area (Å²) in [5.41, 5.74) is 0.0773. The average molecular weight is 327 g/mol. The highest BCUT2D eigenvalue weighted by Gasteiger charge is 2.23. The van der Waals surface area contributed by atoms with Crippen LogP contribution in [0.2, 0.25) is 0 Å². The Labute approximate surface area is 140 Å². The van der Waals surface area contributed by atoms with Crippen LogP contribution in [0.25, 0.3) is 10.8 Å². The number of fused-ring (bicyclic) bond motifs is 1. The molecule has 1 atom stereocenters. The number of likely N-dealkylation sites (tertiary alicyclic amines) is 1. The monoisotopic (exact) mass is 327 g/mol. The second-order valence-corrected chi connectivity index (χ2v) is 6.35. The van der Waals surface area contributed by atoms with Gasteiger partial charge < -0.3 is 14.7 Å². The zero-order chi connectivity index (χ0) is 17.1. The largest absolute Gasteiger partial charge is 0.506 e. The van der Waals surface area contributed by atoms with Crippen molar-refractivity contribution in [3.05, 3.63) is 42.0 Å². The summed E-state index contributed by atoms with van der Waals surface area (Å²) in [6, 6.07) is 10.5. The minimum atomic E-state index is -0.684. The fraction of sp³-hybridized carbons (Fsp3) is 0.368. The van der Waals surface area contributed by atoms with E-state index in [1.165, 1.54) is 6.07 Å². The summed E-state index contributed by atoms with van der Waals surface area (Å²) in [5.74, 6) is -0.507. The number of phenolic OH excluding ortho intramolecular Hbond substituents is 1. The second-order valence-electron chi connectivity index (χ2n) is 6.35. The summed E-state index contributed by atoms with van der Waals surface area (Å²) in [6.45, 7) is 3.23. The normalized spacial score (nSPS) is 17.7. The van der Waals surface area contributed by atoms with Gasteiger partial charge >= 0.3 is 5.97 Å². The number of carbonyl (C=O) groups is 2. The molecule has 5 heteroatoms. The number of hydrogen-bond donors (Lipinski definition) is 1. The molecule has 0 spiro atoms. The van der Waals surface area contributed by atoms with Crippen LogP contribution < -0.4 is 0 Å². The number of piperidine rings is 1. The van der Waals surface area contributed by atoms with Crippen LogP contribution in [0.5, 0.6) is 5.75 Å². The fourth-order valence-electron chi connectivity index (χ4n) is 3.13. The molecule has 1 saturated heterocycles. The number of carbonyl (C=O) groups excluding carboxylic acids is 2. The molecular formula is C19H21NO4. The maximum Gasteiger partial charge on any atom is 0.342 e. The summed E-state index contributed by atoms with van der Waals surface area (Å²) < 4.78 is 5.12. The highest BCUT2D eigenvalue weighted by molar-refractivity contribution is 6.01. The van der Waals surface area contributed by atoms with Crippen molar-refractivity contribution in [2.45, 2.75) is 19.8 Å². The van der Waals surface area contributed by atoms with Crippen molar-refractivity contribution in [2.75, 3.05) is 19.7 Å². The van der Waals surface area contributed by atoms with Gasteiger partial charge in [-0.1, -0.05) is 37.3 Å². The van der Waals surface area contributed by atoms with E-state index in [-0.39, 0.29) is 23.8 Å². The zero-order valence-electron chi connectivity index (χ0n) is 13.7. The van der Waals surface area contributed by atoms with Gasteiger partial charge in [0.15, 0.2) is 6.61 Å². The van der Waals surface area contributed by atoms with Crippen molar-refractivity contribution in [2.24, 2.45) is 5.92 Å². The molecule has 24 heavy (non-hydrogen) atoms. The number of ether oxygens (including phenoxy) is 1. The predicted octanol–water partition coefficient (Wildman–Crippen LogP) is 2.96. The zero-order valence-corrected chi connectivity index (χ0v) is 13.7. The molecule has 0 saturated carbocycles. The van der Waals surface area contributed by atoms with Crippen LogP contribution in [0.15, 0.2) is 36.4 Å². The molecule has 2 aromatic carbocycles. The molecule has 1 N–H and O–H groups in total. The lowest BCUT2D eigenvalue weighted by Crippen LogP contribution is -2.41. The fourth-order valence-corrected chi connectivity index (χ4v) is 3.13. The first-order chi connectivity index (χ1) is 11.6. The quantitative estimate of drug-likeness (QED) is 0.880. The SMILES string of the molecule is C[C@H]1CCCN(C(=O)COC(=O)c2ccc3ccccc3c2O)C1. The topological polar surface area (TPSA) is 66.8 Å². The van der Waals surface area contributed by atoms with Gasteiger partial charge in [-0.15, -0.1) is 0 Å². The molecule has 0 unspecified atom stereocenters. The lowest BCUT2D eigenvalue weighted by molar-refractivity contribution is -0.136. The van der Waals surface area contributed by atoms with Gasteiger partial charge in [0.05, 0.1) is 0 Å². The number of phenols is 1. The van der Waals surface area contributed by atoms with E-state index in [1.54, 1.807) is 23.1 Å².